The van der Waals surface area contributed by atoms with Crippen LogP contribution >= 0.6 is 11.8 Å². The smallest absolute Gasteiger partial charge is 0.355 e. The average Bonchev–Trinajstić information content (AvgIpc) is 3.04. The van der Waals surface area contributed by atoms with Crippen LogP contribution in [0.2, 0.25) is 0 Å². The zero-order valence-electron chi connectivity index (χ0n) is 16.1. The number of aromatic nitrogens is 1. The van der Waals surface area contributed by atoms with Gasteiger partial charge in [-0.25, -0.2) is 4.98 Å². The van der Waals surface area contributed by atoms with E-state index in [2.05, 4.69) is 4.98 Å². The van der Waals surface area contributed by atoms with E-state index in [-0.39, 0.29) is 16.7 Å². The Kier molecular flexibility index (Phi) is 5.16. The van der Waals surface area contributed by atoms with Crippen LogP contribution in [0.1, 0.15) is 31.7 Å². The Balaban J connectivity index is 1.41. The number of thioether (sulfide) groups is 1. The van der Waals surface area contributed by atoms with Gasteiger partial charge in [-0.3, -0.25) is 9.59 Å². The Hall–Kier alpha value is -1.97. The van der Waals surface area contributed by atoms with Crippen molar-refractivity contribution in [1.29, 1.82) is 0 Å². The van der Waals surface area contributed by atoms with E-state index in [9.17, 15) is 22.8 Å². The molecule has 3 saturated heterocycles. The minimum atomic E-state index is -4.41. The fourth-order valence-electron chi connectivity index (χ4n) is 4.32. The maximum Gasteiger partial charge on any atom is 0.417 e. The molecular formula is C19H23F3N4O2S. The summed E-state index contributed by atoms with van der Waals surface area (Å²) in [5.74, 6) is 1.10. The predicted octanol–water partition coefficient (Wildman–Crippen LogP) is 2.59. The molecule has 158 valence electrons. The number of pyridine rings is 1. The Morgan fingerprint density at radius 3 is 2.72 bits per heavy atom. The maximum absolute atomic E-state index is 13.1. The molecule has 0 radical (unpaired) electrons. The molecule has 4 rings (SSSR count). The van der Waals surface area contributed by atoms with Crippen molar-refractivity contribution in [1.82, 2.24) is 14.8 Å². The third kappa shape index (κ3) is 3.78. The van der Waals surface area contributed by atoms with E-state index in [0.717, 1.165) is 18.7 Å². The Bertz CT molecular complexity index is 804. The van der Waals surface area contributed by atoms with Gasteiger partial charge >= 0.3 is 6.18 Å². The summed E-state index contributed by atoms with van der Waals surface area (Å²) in [6.45, 7) is 4.16. The molecule has 1 aromatic rings. The molecule has 3 aliphatic rings. The number of alkyl halides is 3. The Morgan fingerprint density at radius 1 is 1.24 bits per heavy atom. The third-order valence-electron chi connectivity index (χ3n) is 5.94. The minimum Gasteiger partial charge on any atom is -0.355 e. The van der Waals surface area contributed by atoms with Gasteiger partial charge in [-0.1, -0.05) is 0 Å². The normalized spacial score (nSPS) is 27.9. The first-order valence-corrected chi connectivity index (χ1v) is 10.7. The quantitative estimate of drug-likeness (QED) is 0.725. The fraction of sp³-hybridized carbons (Fsp3) is 0.632. The van der Waals surface area contributed by atoms with Crippen molar-refractivity contribution in [3.8, 4) is 0 Å². The van der Waals surface area contributed by atoms with Crippen molar-refractivity contribution in [2.45, 2.75) is 43.3 Å². The van der Waals surface area contributed by atoms with Crippen molar-refractivity contribution < 1.29 is 22.8 Å². The number of fused-ring (bicyclic) bond motifs is 1. The lowest BCUT2D eigenvalue weighted by atomic mass is 10.2. The van der Waals surface area contributed by atoms with Gasteiger partial charge in [0.1, 0.15) is 11.9 Å². The number of rotatable bonds is 2. The minimum absolute atomic E-state index is 0.0290. The number of hydrogen-bond acceptors (Lipinski definition) is 5. The zero-order chi connectivity index (χ0) is 20.8. The highest BCUT2D eigenvalue weighted by Gasteiger charge is 2.53. The number of carbonyl (C=O) groups excluding carboxylic acids is 2. The van der Waals surface area contributed by atoms with Gasteiger partial charge in [0.2, 0.25) is 11.8 Å². The van der Waals surface area contributed by atoms with E-state index in [1.54, 1.807) is 21.6 Å². The van der Waals surface area contributed by atoms with Gasteiger partial charge in [-0.15, -0.1) is 11.8 Å². The largest absolute Gasteiger partial charge is 0.417 e. The number of carbonyl (C=O) groups is 2. The van der Waals surface area contributed by atoms with Crippen LogP contribution in [0.5, 0.6) is 0 Å². The van der Waals surface area contributed by atoms with Crippen LogP contribution in [0, 0.1) is 0 Å². The number of halogens is 3. The second kappa shape index (κ2) is 7.37. The van der Waals surface area contributed by atoms with E-state index >= 15 is 0 Å². The summed E-state index contributed by atoms with van der Waals surface area (Å²) in [7, 11) is 0. The van der Waals surface area contributed by atoms with Gasteiger partial charge in [0, 0.05) is 44.5 Å². The zero-order valence-corrected chi connectivity index (χ0v) is 16.9. The number of hydrogen-bond donors (Lipinski definition) is 0. The first kappa shape index (κ1) is 20.3. The highest BCUT2D eigenvalue weighted by atomic mass is 32.2. The van der Waals surface area contributed by atoms with E-state index in [4.69, 9.17) is 0 Å². The molecular weight excluding hydrogens is 405 g/mol. The molecule has 4 heterocycles. The van der Waals surface area contributed by atoms with Crippen LogP contribution in [0.4, 0.5) is 19.0 Å². The molecule has 0 spiro atoms. The van der Waals surface area contributed by atoms with Crippen LogP contribution in [0.25, 0.3) is 0 Å². The monoisotopic (exact) mass is 428 g/mol. The van der Waals surface area contributed by atoms with Crippen molar-refractivity contribution in [2.24, 2.45) is 0 Å². The molecule has 1 aromatic heterocycles. The second-order valence-electron chi connectivity index (χ2n) is 7.83. The predicted molar refractivity (Wildman–Crippen MR) is 103 cm³/mol. The van der Waals surface area contributed by atoms with E-state index in [0.29, 0.717) is 50.6 Å². The van der Waals surface area contributed by atoms with E-state index in [1.165, 1.54) is 6.07 Å². The molecule has 0 saturated carbocycles. The van der Waals surface area contributed by atoms with Crippen molar-refractivity contribution in [3.05, 3.63) is 23.9 Å². The molecule has 29 heavy (non-hydrogen) atoms. The second-order valence-corrected chi connectivity index (χ2v) is 9.34. The first-order chi connectivity index (χ1) is 13.7. The van der Waals surface area contributed by atoms with Gasteiger partial charge in [0.05, 0.1) is 10.4 Å². The molecule has 0 unspecified atom stereocenters. The van der Waals surface area contributed by atoms with Crippen molar-refractivity contribution in [2.75, 3.05) is 36.8 Å². The van der Waals surface area contributed by atoms with Crippen LogP contribution < -0.4 is 4.90 Å². The lowest BCUT2D eigenvalue weighted by Gasteiger charge is -2.32. The average molecular weight is 428 g/mol. The Labute approximate surface area is 171 Å². The van der Waals surface area contributed by atoms with Crippen LogP contribution in [0.3, 0.4) is 0 Å². The molecule has 10 heteroatoms. The molecule has 0 bridgehead atoms. The molecule has 6 nitrogen and oxygen atoms in total. The third-order valence-corrected chi connectivity index (χ3v) is 7.44. The van der Waals surface area contributed by atoms with Crippen molar-refractivity contribution >= 4 is 29.4 Å². The number of nitrogens with zero attached hydrogens (tertiary/aromatic N) is 4. The Morgan fingerprint density at radius 2 is 2.03 bits per heavy atom. The van der Waals surface area contributed by atoms with Gasteiger partial charge in [-0.2, -0.15) is 13.2 Å². The molecule has 0 N–H and O–H groups in total. The standard InChI is InChI=1S/C19H23F3N4O2S/c1-18-6-5-16(27)26(18)14(12-29-18)17(28)25-8-2-7-24(9-10-25)15-4-3-13(11-23-15)19(20,21)22/h3-4,11,14H,2,5-10,12H2,1H3/t14-,18-/m1/s1. The summed E-state index contributed by atoms with van der Waals surface area (Å²) in [4.78, 5) is 34.6. The summed E-state index contributed by atoms with van der Waals surface area (Å²) in [5.41, 5.74) is -0.773. The first-order valence-electron chi connectivity index (χ1n) is 9.72. The molecule has 0 aliphatic carbocycles. The van der Waals surface area contributed by atoms with Crippen LogP contribution in [-0.4, -0.2) is 69.4 Å². The summed E-state index contributed by atoms with van der Waals surface area (Å²) >= 11 is 1.67. The summed E-state index contributed by atoms with van der Waals surface area (Å²) in [6, 6.07) is 1.99. The highest BCUT2D eigenvalue weighted by Crippen LogP contribution is 2.47. The van der Waals surface area contributed by atoms with Crippen LogP contribution in [0.15, 0.2) is 18.3 Å². The van der Waals surface area contributed by atoms with Crippen molar-refractivity contribution in [3.63, 3.8) is 0 Å². The number of anilines is 1. The summed E-state index contributed by atoms with van der Waals surface area (Å²) in [6.07, 6.45) is -1.61. The van der Waals surface area contributed by atoms with Gasteiger partial charge in [-0.05, 0) is 31.9 Å². The number of amides is 2. The topological polar surface area (TPSA) is 56.8 Å². The summed E-state index contributed by atoms with van der Waals surface area (Å²) < 4.78 is 38.2. The van der Waals surface area contributed by atoms with E-state index in [1.807, 2.05) is 11.8 Å². The molecule has 0 aromatic carbocycles. The lowest BCUT2D eigenvalue weighted by Crippen LogP contribution is -2.52. The van der Waals surface area contributed by atoms with Gasteiger partial charge in [0.15, 0.2) is 0 Å². The molecule has 2 atom stereocenters. The summed E-state index contributed by atoms with van der Waals surface area (Å²) in [5, 5.41) is 0. The van der Waals surface area contributed by atoms with Crippen LogP contribution in [-0.2, 0) is 15.8 Å². The highest BCUT2D eigenvalue weighted by molar-refractivity contribution is 8.01. The fourth-order valence-corrected chi connectivity index (χ4v) is 5.75. The lowest BCUT2D eigenvalue weighted by molar-refractivity contribution is -0.143. The molecule has 2 amide bonds. The van der Waals surface area contributed by atoms with Gasteiger partial charge in [0.25, 0.3) is 0 Å². The SMILES string of the molecule is C[C@@]12CCC(=O)N1[C@@H](C(=O)N1CCCN(c3ccc(C(F)(F)F)cn3)CC1)CS2. The maximum atomic E-state index is 13.1. The van der Waals surface area contributed by atoms with E-state index < -0.39 is 17.8 Å². The molecule has 3 fully saturated rings. The van der Waals surface area contributed by atoms with Gasteiger partial charge < -0.3 is 14.7 Å². The molecule has 3 aliphatic heterocycles.